The molecule has 236 valence electrons. The second kappa shape index (κ2) is 15.9. The van der Waals surface area contributed by atoms with Gasteiger partial charge in [-0.2, -0.15) is 0 Å². The Morgan fingerprint density at radius 2 is 1.60 bits per heavy atom. The first kappa shape index (κ1) is 35.0. The minimum absolute atomic E-state index is 0.272. The van der Waals surface area contributed by atoms with E-state index in [4.69, 9.17) is 40.2 Å². The Bertz CT molecular complexity index is 1400. The predicted molar refractivity (Wildman–Crippen MR) is 151 cm³/mol. The molecule has 2 heterocycles. The summed E-state index contributed by atoms with van der Waals surface area (Å²) in [5.74, 6) is -3.39. The number of carboxylic acids is 2. The van der Waals surface area contributed by atoms with E-state index in [9.17, 15) is 18.9 Å². The lowest BCUT2D eigenvalue weighted by Crippen LogP contribution is -2.39. The van der Waals surface area contributed by atoms with E-state index in [1.54, 1.807) is 55.9 Å². The van der Waals surface area contributed by atoms with Gasteiger partial charge >= 0.3 is 25.4 Å². The number of nitrogens with two attached hydrogens (primary N) is 1. The first-order chi connectivity index (χ1) is 20.1. The maximum Gasteiger partial charge on any atom is 0.342 e. The molecule has 0 saturated heterocycles. The fourth-order valence-electron chi connectivity index (χ4n) is 3.28. The lowest BCUT2D eigenvalue weighted by atomic mass is 10.2. The molecule has 3 unspecified atom stereocenters. The van der Waals surface area contributed by atoms with Crippen LogP contribution in [0.15, 0.2) is 43.0 Å². The Labute approximate surface area is 246 Å². The molecule has 0 aliphatic carbocycles. The number of imidazole rings is 1. The van der Waals surface area contributed by atoms with Crippen molar-refractivity contribution in [1.29, 1.82) is 0 Å². The molecular formula is C25H35N6O11P. The Morgan fingerprint density at radius 1 is 1.00 bits per heavy atom. The fourth-order valence-corrected chi connectivity index (χ4v) is 5.07. The summed E-state index contributed by atoms with van der Waals surface area (Å²) >= 11 is 0. The van der Waals surface area contributed by atoms with Crippen molar-refractivity contribution in [3.8, 4) is 5.75 Å². The number of benzene rings is 1. The van der Waals surface area contributed by atoms with Gasteiger partial charge in [-0.1, -0.05) is 18.2 Å². The number of hydrogen-bond donors (Lipinski definition) is 6. The summed E-state index contributed by atoms with van der Waals surface area (Å²) in [5, 5.41) is 35.3. The van der Waals surface area contributed by atoms with Gasteiger partial charge in [0.25, 0.3) is 0 Å². The smallest absolute Gasteiger partial charge is 0.342 e. The molecular weight excluding hydrogens is 591 g/mol. The Kier molecular flexibility index (Phi) is 13.0. The number of carbonyl (C=O) groups excluding carboxylic acids is 1. The number of aliphatic carboxylic acids is 2. The van der Waals surface area contributed by atoms with Gasteiger partial charge in [0, 0.05) is 0 Å². The number of aliphatic hydroxyl groups excluding tert-OH is 2. The van der Waals surface area contributed by atoms with Gasteiger partial charge < -0.3 is 44.7 Å². The van der Waals surface area contributed by atoms with Crippen molar-refractivity contribution in [2.45, 2.75) is 64.7 Å². The van der Waals surface area contributed by atoms with Crippen molar-refractivity contribution in [3.63, 3.8) is 0 Å². The van der Waals surface area contributed by atoms with Crippen LogP contribution >= 0.6 is 7.52 Å². The summed E-state index contributed by atoms with van der Waals surface area (Å²) in [7, 11) is -3.64. The zero-order valence-corrected chi connectivity index (χ0v) is 24.7. The van der Waals surface area contributed by atoms with Crippen LogP contribution in [0.1, 0.15) is 27.7 Å². The Morgan fingerprint density at radius 3 is 2.16 bits per heavy atom. The van der Waals surface area contributed by atoms with Crippen LogP contribution in [0.2, 0.25) is 0 Å². The third-order valence-electron chi connectivity index (χ3n) is 5.31. The number of carbonyl (C=O) groups is 3. The van der Waals surface area contributed by atoms with Gasteiger partial charge in [-0.3, -0.25) is 9.36 Å². The Hall–Kier alpha value is -4.15. The molecule has 18 heteroatoms. The van der Waals surface area contributed by atoms with Crippen LogP contribution in [-0.4, -0.2) is 94.7 Å². The summed E-state index contributed by atoms with van der Waals surface area (Å²) in [4.78, 5) is 44.2. The van der Waals surface area contributed by atoms with Gasteiger partial charge in [0.15, 0.2) is 23.7 Å². The van der Waals surface area contributed by atoms with Crippen LogP contribution < -0.4 is 15.3 Å². The fraction of sp³-hybridized carbons (Fsp3) is 0.440. The number of nitrogens with one attached hydrogen (secondary N) is 1. The minimum Gasteiger partial charge on any atom is -0.479 e. The van der Waals surface area contributed by atoms with Crippen molar-refractivity contribution >= 4 is 42.4 Å². The standard InChI is InChI=1S/C21H29N6O5P.C4H6O6/c1-14(2)31-21(28)16(4)26-33(29,32-17-8-6-5-7-9-17)13-30-15(3)10-27-12-25-18-19(22)23-11-24-20(18)27;5-1(3(7)8)2(6)4(9)10/h5-9,11-12,14-16H,10,13H2,1-4H3,(H,26,29)(H2,22,23,24);1-2,5-6H,(H,7,8)(H,9,10)/t15-,16+,33?;/m1./s1. The molecule has 43 heavy (non-hydrogen) atoms. The molecule has 5 atom stereocenters. The lowest BCUT2D eigenvalue weighted by molar-refractivity contribution is -0.165. The lowest BCUT2D eigenvalue weighted by Gasteiger charge is -2.25. The zero-order chi connectivity index (χ0) is 32.3. The number of esters is 1. The zero-order valence-electron chi connectivity index (χ0n) is 23.8. The quantitative estimate of drug-likeness (QED) is 0.107. The summed E-state index contributed by atoms with van der Waals surface area (Å²) < 4.78 is 32.2. The van der Waals surface area contributed by atoms with E-state index < -0.39 is 43.7 Å². The molecule has 3 rings (SSSR count). The summed E-state index contributed by atoms with van der Waals surface area (Å²) in [6.07, 6.45) is -2.52. The van der Waals surface area contributed by atoms with Gasteiger partial charge in [-0.25, -0.2) is 29.6 Å². The van der Waals surface area contributed by atoms with E-state index in [0.717, 1.165) is 0 Å². The topological polar surface area (TPSA) is 259 Å². The molecule has 2 aromatic heterocycles. The van der Waals surface area contributed by atoms with E-state index in [1.165, 1.54) is 6.33 Å². The van der Waals surface area contributed by atoms with Crippen LogP contribution in [0, 0.1) is 0 Å². The second-order valence-corrected chi connectivity index (χ2v) is 11.5. The molecule has 0 fully saturated rings. The highest BCUT2D eigenvalue weighted by atomic mass is 31.2. The first-order valence-electron chi connectivity index (χ1n) is 12.8. The van der Waals surface area contributed by atoms with E-state index >= 15 is 0 Å². The number of nitrogen functional groups attached to an aromatic ring is 1. The summed E-state index contributed by atoms with van der Waals surface area (Å²) in [6, 6.07) is 7.83. The normalized spacial score (nSPS) is 15.3. The third kappa shape index (κ3) is 10.9. The van der Waals surface area contributed by atoms with E-state index in [2.05, 4.69) is 20.0 Å². The molecule has 0 aliphatic heterocycles. The number of fused-ring (bicyclic) bond motifs is 1. The number of nitrogens with zero attached hydrogens (tertiary/aromatic N) is 4. The number of anilines is 1. The number of carboxylic acid groups (broad SMARTS) is 2. The summed E-state index contributed by atoms with van der Waals surface area (Å²) in [6.45, 7) is 7.25. The maximum absolute atomic E-state index is 13.6. The highest BCUT2D eigenvalue weighted by Crippen LogP contribution is 2.44. The van der Waals surface area contributed by atoms with Gasteiger partial charge in [-0.05, 0) is 39.8 Å². The van der Waals surface area contributed by atoms with Gasteiger partial charge in [0.1, 0.15) is 30.0 Å². The molecule has 1 aromatic carbocycles. The van der Waals surface area contributed by atoms with Crippen LogP contribution in [0.5, 0.6) is 5.75 Å². The first-order valence-corrected chi connectivity index (χ1v) is 14.6. The number of ether oxygens (including phenoxy) is 2. The largest absolute Gasteiger partial charge is 0.479 e. The van der Waals surface area contributed by atoms with Gasteiger partial charge in [0.2, 0.25) is 0 Å². The van der Waals surface area contributed by atoms with E-state index in [1.807, 2.05) is 13.0 Å². The van der Waals surface area contributed by atoms with Crippen LogP contribution in [0.4, 0.5) is 5.82 Å². The number of hydrogen-bond acceptors (Lipinski definition) is 13. The van der Waals surface area contributed by atoms with Crippen molar-refractivity contribution < 1.29 is 53.4 Å². The number of aromatic nitrogens is 4. The molecule has 0 amide bonds. The van der Waals surface area contributed by atoms with Crippen LogP contribution in [0.25, 0.3) is 11.2 Å². The van der Waals surface area contributed by atoms with E-state index in [0.29, 0.717) is 29.3 Å². The van der Waals surface area contributed by atoms with Crippen molar-refractivity contribution in [2.24, 2.45) is 0 Å². The molecule has 0 aliphatic rings. The maximum atomic E-state index is 13.6. The summed E-state index contributed by atoms with van der Waals surface area (Å²) in [5.41, 5.74) is 6.91. The molecule has 0 saturated carbocycles. The number of rotatable bonds is 14. The highest BCUT2D eigenvalue weighted by molar-refractivity contribution is 7.57. The molecule has 17 nitrogen and oxygen atoms in total. The minimum atomic E-state index is -3.64. The molecule has 0 bridgehead atoms. The molecule has 0 radical (unpaired) electrons. The van der Waals surface area contributed by atoms with Crippen molar-refractivity contribution in [3.05, 3.63) is 43.0 Å². The van der Waals surface area contributed by atoms with Crippen LogP contribution in [-0.2, 0) is 35.0 Å². The van der Waals surface area contributed by atoms with E-state index in [-0.39, 0.29) is 18.6 Å². The monoisotopic (exact) mass is 626 g/mol. The van der Waals surface area contributed by atoms with Gasteiger partial charge in [-0.15, -0.1) is 0 Å². The van der Waals surface area contributed by atoms with Crippen LogP contribution in [0.3, 0.4) is 0 Å². The average Bonchev–Trinajstić information content (AvgIpc) is 3.35. The molecule has 7 N–H and O–H groups in total. The SMILES string of the molecule is CC(C)OC(=O)[C@H](C)NP(=O)(CO[C@H](C)Cn1cnc2c(N)ncnc21)Oc1ccccc1.O=C(O)C(O)C(O)C(=O)O. The average molecular weight is 627 g/mol. The van der Waals surface area contributed by atoms with Gasteiger partial charge in [0.05, 0.1) is 25.1 Å². The number of para-hydroxylation sites is 1. The van der Waals surface area contributed by atoms with Crippen molar-refractivity contribution in [1.82, 2.24) is 24.6 Å². The molecule has 3 aromatic rings. The predicted octanol–water partition coefficient (Wildman–Crippen LogP) is 0.850. The third-order valence-corrected chi connectivity index (χ3v) is 7.08. The highest BCUT2D eigenvalue weighted by Gasteiger charge is 2.32. The molecule has 0 spiro atoms. The second-order valence-electron chi connectivity index (χ2n) is 9.41. The number of aliphatic hydroxyl groups is 2. The van der Waals surface area contributed by atoms with Crippen molar-refractivity contribution in [2.75, 3.05) is 12.1 Å². The Balaban J connectivity index is 0.000000553.